The van der Waals surface area contributed by atoms with Gasteiger partial charge in [0.25, 0.3) is 5.91 Å². The molecule has 2 aromatic rings. The highest BCUT2D eigenvalue weighted by Gasteiger charge is 2.59. The van der Waals surface area contributed by atoms with Crippen molar-refractivity contribution in [2.24, 2.45) is 11.3 Å². The maximum absolute atomic E-state index is 13.2. The minimum absolute atomic E-state index is 0.0696. The quantitative estimate of drug-likeness (QED) is 0.681. The average molecular weight is 463 g/mol. The third-order valence-corrected chi connectivity index (χ3v) is 7.57. The van der Waals surface area contributed by atoms with E-state index in [1.165, 1.54) is 0 Å². The number of likely N-dealkylation sites (tertiary alicyclic amines) is 1. The predicted molar refractivity (Wildman–Crippen MR) is 131 cm³/mol. The molecular weight excluding hydrogens is 428 g/mol. The summed E-state index contributed by atoms with van der Waals surface area (Å²) in [6, 6.07) is 13.4. The molecule has 0 radical (unpaired) electrons. The van der Waals surface area contributed by atoms with Crippen molar-refractivity contribution in [2.75, 3.05) is 44.2 Å². The molecule has 2 amide bonds. The Morgan fingerprint density at radius 3 is 2.26 bits per heavy atom. The molecule has 180 valence electrons. The first-order valence-corrected chi connectivity index (χ1v) is 12.5. The third kappa shape index (κ3) is 4.61. The van der Waals surface area contributed by atoms with Crippen LogP contribution in [0, 0.1) is 11.3 Å². The standard InChI is InChI=1S/C27H34N4O3/c1-20(2)34-22-8-6-21(7-9-22)25(32)30-13-10-27(11-14-30)19-23(27)26(33)31-17-15-29(16-18-31)24-5-3-4-12-28-24/h3-9,12,20,23H,10-11,13-19H2,1-2H3/t23-/m0/s1. The number of hydrogen-bond donors (Lipinski definition) is 0. The lowest BCUT2D eigenvalue weighted by atomic mass is 9.90. The van der Waals surface area contributed by atoms with Crippen LogP contribution in [-0.4, -0.2) is 72.0 Å². The zero-order valence-electron chi connectivity index (χ0n) is 20.2. The fraction of sp³-hybridized carbons (Fsp3) is 0.519. The zero-order valence-corrected chi connectivity index (χ0v) is 20.2. The molecular formula is C27H34N4O3. The Hall–Kier alpha value is -3.09. The van der Waals surface area contributed by atoms with Gasteiger partial charge in [-0.3, -0.25) is 9.59 Å². The Bertz CT molecular complexity index is 1010. The second-order valence-electron chi connectivity index (χ2n) is 10.1. The monoisotopic (exact) mass is 462 g/mol. The molecule has 1 spiro atoms. The molecule has 1 atom stereocenters. The lowest BCUT2D eigenvalue weighted by Gasteiger charge is -2.37. The van der Waals surface area contributed by atoms with Gasteiger partial charge in [0, 0.05) is 56.9 Å². The maximum Gasteiger partial charge on any atom is 0.253 e. The molecule has 1 aromatic heterocycles. The van der Waals surface area contributed by atoms with E-state index < -0.39 is 0 Å². The van der Waals surface area contributed by atoms with Crippen LogP contribution in [0.3, 0.4) is 0 Å². The van der Waals surface area contributed by atoms with E-state index in [2.05, 4.69) is 9.88 Å². The van der Waals surface area contributed by atoms with E-state index >= 15 is 0 Å². The van der Waals surface area contributed by atoms with Gasteiger partial charge in [0.05, 0.1) is 6.10 Å². The first kappa shape index (κ1) is 22.7. The van der Waals surface area contributed by atoms with Gasteiger partial charge in [-0.2, -0.15) is 0 Å². The van der Waals surface area contributed by atoms with Gasteiger partial charge in [0.1, 0.15) is 11.6 Å². The Labute approximate surface area is 201 Å². The molecule has 3 aliphatic rings. The van der Waals surface area contributed by atoms with Gasteiger partial charge in [-0.05, 0) is 74.9 Å². The van der Waals surface area contributed by atoms with Gasteiger partial charge in [-0.25, -0.2) is 4.98 Å². The molecule has 2 aliphatic heterocycles. The second kappa shape index (κ2) is 9.28. The normalized spacial score (nSPS) is 21.6. The van der Waals surface area contributed by atoms with Crippen LogP contribution >= 0.6 is 0 Å². The Balaban J connectivity index is 1.11. The largest absolute Gasteiger partial charge is 0.491 e. The highest BCUT2D eigenvalue weighted by Crippen LogP contribution is 2.60. The van der Waals surface area contributed by atoms with E-state index in [-0.39, 0.29) is 23.3 Å². The van der Waals surface area contributed by atoms with Gasteiger partial charge in [0.15, 0.2) is 0 Å². The van der Waals surface area contributed by atoms with E-state index in [0.29, 0.717) is 11.5 Å². The number of pyridine rings is 1. The molecule has 34 heavy (non-hydrogen) atoms. The third-order valence-electron chi connectivity index (χ3n) is 7.57. The molecule has 1 aromatic carbocycles. The Morgan fingerprint density at radius 1 is 0.941 bits per heavy atom. The Kier molecular flexibility index (Phi) is 6.19. The summed E-state index contributed by atoms with van der Waals surface area (Å²) in [6.45, 7) is 8.58. The summed E-state index contributed by atoms with van der Waals surface area (Å²) in [5.74, 6) is 2.26. The first-order chi connectivity index (χ1) is 16.4. The fourth-order valence-corrected chi connectivity index (χ4v) is 5.45. The van der Waals surface area contributed by atoms with Crippen molar-refractivity contribution in [1.82, 2.24) is 14.8 Å². The number of hydrogen-bond acceptors (Lipinski definition) is 5. The van der Waals surface area contributed by atoms with Crippen LogP contribution in [0.15, 0.2) is 48.7 Å². The molecule has 1 aliphatic carbocycles. The lowest BCUT2D eigenvalue weighted by molar-refractivity contribution is -0.134. The number of rotatable bonds is 5. The van der Waals surface area contributed by atoms with Crippen molar-refractivity contribution in [3.05, 3.63) is 54.2 Å². The van der Waals surface area contributed by atoms with Crippen LogP contribution in [0.4, 0.5) is 5.82 Å². The average Bonchev–Trinajstić information content (AvgIpc) is 3.57. The molecule has 0 N–H and O–H groups in total. The summed E-state index contributed by atoms with van der Waals surface area (Å²) in [7, 11) is 0. The molecule has 7 nitrogen and oxygen atoms in total. The molecule has 3 fully saturated rings. The molecule has 0 unspecified atom stereocenters. The topological polar surface area (TPSA) is 66.0 Å². The van der Waals surface area contributed by atoms with Gasteiger partial charge >= 0.3 is 0 Å². The molecule has 3 heterocycles. The molecule has 7 heteroatoms. The van der Waals surface area contributed by atoms with Gasteiger partial charge in [-0.15, -0.1) is 0 Å². The fourth-order valence-electron chi connectivity index (χ4n) is 5.45. The summed E-state index contributed by atoms with van der Waals surface area (Å²) >= 11 is 0. The van der Waals surface area contributed by atoms with E-state index in [1.54, 1.807) is 0 Å². The van der Waals surface area contributed by atoms with Crippen molar-refractivity contribution in [3.8, 4) is 5.75 Å². The minimum atomic E-state index is 0.0696. The summed E-state index contributed by atoms with van der Waals surface area (Å²) in [6.07, 6.45) is 4.72. The summed E-state index contributed by atoms with van der Waals surface area (Å²) in [4.78, 5) is 36.9. The van der Waals surface area contributed by atoms with Crippen LogP contribution in [0.25, 0.3) is 0 Å². The van der Waals surface area contributed by atoms with E-state index in [0.717, 1.165) is 70.1 Å². The van der Waals surface area contributed by atoms with Crippen LogP contribution in [0.1, 0.15) is 43.5 Å². The highest BCUT2D eigenvalue weighted by atomic mass is 16.5. The lowest BCUT2D eigenvalue weighted by Crippen LogP contribution is -2.50. The first-order valence-electron chi connectivity index (χ1n) is 12.5. The smallest absolute Gasteiger partial charge is 0.253 e. The minimum Gasteiger partial charge on any atom is -0.491 e. The van der Waals surface area contributed by atoms with Gasteiger partial charge in [-0.1, -0.05) is 6.07 Å². The van der Waals surface area contributed by atoms with Crippen LogP contribution in [-0.2, 0) is 4.79 Å². The van der Waals surface area contributed by atoms with Crippen molar-refractivity contribution in [1.29, 1.82) is 0 Å². The molecule has 2 saturated heterocycles. The van der Waals surface area contributed by atoms with Gasteiger partial charge in [0.2, 0.25) is 5.91 Å². The number of carbonyl (C=O) groups excluding carboxylic acids is 2. The number of ether oxygens (including phenoxy) is 1. The number of anilines is 1. The molecule has 5 rings (SSSR count). The van der Waals surface area contributed by atoms with Crippen LogP contribution in [0.5, 0.6) is 5.75 Å². The van der Waals surface area contributed by atoms with E-state index in [4.69, 9.17) is 4.74 Å². The van der Waals surface area contributed by atoms with Crippen LogP contribution < -0.4 is 9.64 Å². The van der Waals surface area contributed by atoms with Crippen molar-refractivity contribution >= 4 is 17.6 Å². The number of nitrogens with zero attached hydrogens (tertiary/aromatic N) is 4. The van der Waals surface area contributed by atoms with Crippen molar-refractivity contribution in [2.45, 2.75) is 39.2 Å². The predicted octanol–water partition coefficient (Wildman–Crippen LogP) is 3.46. The number of carbonyl (C=O) groups is 2. The summed E-state index contributed by atoms with van der Waals surface area (Å²) < 4.78 is 5.68. The van der Waals surface area contributed by atoms with Gasteiger partial charge < -0.3 is 19.4 Å². The number of piperidine rings is 1. The molecule has 1 saturated carbocycles. The van der Waals surface area contributed by atoms with Crippen LogP contribution in [0.2, 0.25) is 0 Å². The second-order valence-corrected chi connectivity index (χ2v) is 10.1. The zero-order chi connectivity index (χ0) is 23.7. The molecule has 0 bridgehead atoms. The summed E-state index contributed by atoms with van der Waals surface area (Å²) in [5, 5.41) is 0. The number of aromatic nitrogens is 1. The van der Waals surface area contributed by atoms with Crippen molar-refractivity contribution < 1.29 is 14.3 Å². The Morgan fingerprint density at radius 2 is 1.65 bits per heavy atom. The summed E-state index contributed by atoms with van der Waals surface area (Å²) in [5.41, 5.74) is 0.794. The highest BCUT2D eigenvalue weighted by molar-refractivity contribution is 5.94. The number of benzene rings is 1. The number of piperazine rings is 1. The van der Waals surface area contributed by atoms with E-state index in [9.17, 15) is 9.59 Å². The van der Waals surface area contributed by atoms with Crippen molar-refractivity contribution in [3.63, 3.8) is 0 Å². The maximum atomic E-state index is 13.2. The number of amides is 2. The SMILES string of the molecule is CC(C)Oc1ccc(C(=O)N2CCC3(CC2)C[C@H]3C(=O)N2CCN(c3ccccn3)CC2)cc1. The van der Waals surface area contributed by atoms with E-state index in [1.807, 2.05) is 72.3 Å².